The molecule has 0 spiro atoms. The van der Waals surface area contributed by atoms with Crippen LogP contribution in [0.25, 0.3) is 10.8 Å². The second-order valence-corrected chi connectivity index (χ2v) is 6.01. The van der Waals surface area contributed by atoms with Gasteiger partial charge in [0.1, 0.15) is 0 Å². The van der Waals surface area contributed by atoms with Gasteiger partial charge in [0.25, 0.3) is 0 Å². The molecular formula is C15H16ClN3O. The van der Waals surface area contributed by atoms with Crippen LogP contribution in [0.15, 0.2) is 24.3 Å². The number of halogens is 1. The highest BCUT2D eigenvalue weighted by atomic mass is 35.5. The predicted molar refractivity (Wildman–Crippen MR) is 79.1 cm³/mol. The van der Waals surface area contributed by atoms with E-state index in [9.17, 15) is 0 Å². The normalized spacial score (nSPS) is 28.8. The fourth-order valence-corrected chi connectivity index (χ4v) is 3.55. The van der Waals surface area contributed by atoms with Crippen LogP contribution < -0.4 is 5.32 Å². The molecule has 0 radical (unpaired) electrons. The van der Waals surface area contributed by atoms with Gasteiger partial charge in [0, 0.05) is 16.8 Å². The van der Waals surface area contributed by atoms with Crippen molar-refractivity contribution in [3.05, 3.63) is 29.4 Å². The third kappa shape index (κ3) is 2.13. The third-order valence-corrected chi connectivity index (χ3v) is 4.55. The average molecular weight is 290 g/mol. The molecule has 2 aliphatic rings. The Morgan fingerprint density at radius 2 is 1.75 bits per heavy atom. The molecule has 4 nitrogen and oxygen atoms in total. The van der Waals surface area contributed by atoms with Crippen LogP contribution in [-0.4, -0.2) is 28.4 Å². The zero-order chi connectivity index (χ0) is 13.5. The Kier molecular flexibility index (Phi) is 3.00. The molecule has 2 aromatic rings. The fourth-order valence-electron chi connectivity index (χ4n) is 3.35. The molecule has 1 aromatic heterocycles. The number of hydrogen-bond acceptors (Lipinski definition) is 4. The van der Waals surface area contributed by atoms with E-state index in [1.54, 1.807) is 0 Å². The maximum atomic E-state index is 6.11. The Hall–Kier alpha value is -1.39. The van der Waals surface area contributed by atoms with E-state index in [1.165, 1.54) is 12.8 Å². The molecule has 2 fully saturated rings. The van der Waals surface area contributed by atoms with E-state index in [1.807, 2.05) is 24.3 Å². The van der Waals surface area contributed by atoms with Crippen LogP contribution in [0.1, 0.15) is 25.7 Å². The molecule has 2 unspecified atom stereocenters. The summed E-state index contributed by atoms with van der Waals surface area (Å²) in [6.07, 6.45) is 5.31. The first-order chi connectivity index (χ1) is 9.79. The summed E-state index contributed by atoms with van der Waals surface area (Å²) < 4.78 is 5.87. The first-order valence-corrected chi connectivity index (χ1v) is 7.50. The highest BCUT2D eigenvalue weighted by molar-refractivity contribution is 6.34. The minimum absolute atomic E-state index is 0.415. The molecule has 0 saturated carbocycles. The fraction of sp³-hybridized carbons (Fsp3) is 0.467. The number of nitrogens with one attached hydrogen (secondary N) is 1. The van der Waals surface area contributed by atoms with Crippen molar-refractivity contribution in [2.45, 2.75) is 43.9 Å². The second kappa shape index (κ2) is 4.86. The van der Waals surface area contributed by atoms with Crippen molar-refractivity contribution in [2.24, 2.45) is 0 Å². The average Bonchev–Trinajstić information content (AvgIpc) is 2.81. The zero-order valence-corrected chi connectivity index (χ0v) is 11.8. The first-order valence-electron chi connectivity index (χ1n) is 7.12. The monoisotopic (exact) mass is 289 g/mol. The van der Waals surface area contributed by atoms with Gasteiger partial charge in [0.15, 0.2) is 11.0 Å². The van der Waals surface area contributed by atoms with Gasteiger partial charge in [-0.1, -0.05) is 35.9 Å². The van der Waals surface area contributed by atoms with Crippen molar-refractivity contribution in [1.29, 1.82) is 0 Å². The summed E-state index contributed by atoms with van der Waals surface area (Å²) in [5.41, 5.74) is 0. The number of hydrogen-bond donors (Lipinski definition) is 1. The lowest BCUT2D eigenvalue weighted by Gasteiger charge is -2.29. The smallest absolute Gasteiger partial charge is 0.159 e. The van der Waals surface area contributed by atoms with Gasteiger partial charge in [-0.05, 0) is 25.7 Å². The van der Waals surface area contributed by atoms with E-state index in [0.29, 0.717) is 23.4 Å². The van der Waals surface area contributed by atoms with Gasteiger partial charge >= 0.3 is 0 Å². The number of benzene rings is 1. The van der Waals surface area contributed by atoms with Crippen molar-refractivity contribution < 1.29 is 4.74 Å². The molecule has 2 atom stereocenters. The Morgan fingerprint density at radius 3 is 2.50 bits per heavy atom. The van der Waals surface area contributed by atoms with Crippen molar-refractivity contribution >= 4 is 28.2 Å². The lowest BCUT2D eigenvalue weighted by atomic mass is 10.0. The molecule has 2 bridgehead atoms. The Bertz CT molecular complexity index is 636. The van der Waals surface area contributed by atoms with Gasteiger partial charge in [-0.25, -0.2) is 0 Å². The molecule has 2 aliphatic heterocycles. The van der Waals surface area contributed by atoms with Crippen molar-refractivity contribution in [3.63, 3.8) is 0 Å². The van der Waals surface area contributed by atoms with E-state index < -0.39 is 0 Å². The quantitative estimate of drug-likeness (QED) is 0.920. The molecular weight excluding hydrogens is 274 g/mol. The van der Waals surface area contributed by atoms with Crippen LogP contribution in [0.3, 0.4) is 0 Å². The van der Waals surface area contributed by atoms with E-state index >= 15 is 0 Å². The molecule has 20 heavy (non-hydrogen) atoms. The summed E-state index contributed by atoms with van der Waals surface area (Å²) in [4.78, 5) is 0. The van der Waals surface area contributed by atoms with Crippen LogP contribution in [-0.2, 0) is 4.74 Å². The van der Waals surface area contributed by atoms with Gasteiger partial charge in [-0.15, -0.1) is 10.2 Å². The minimum atomic E-state index is 0.415. The van der Waals surface area contributed by atoms with Crippen LogP contribution in [0.4, 0.5) is 5.82 Å². The number of anilines is 1. The molecule has 1 aromatic carbocycles. The number of fused-ring (bicyclic) bond motifs is 3. The molecule has 3 heterocycles. The molecule has 4 rings (SSSR count). The first kappa shape index (κ1) is 12.4. The standard InChI is InChI=1S/C15H16ClN3O/c16-14-12-3-1-2-4-13(12)15(19-18-14)17-9-7-10-5-6-11(8-9)20-10/h1-4,9-11H,5-8H2,(H,17,19). The van der Waals surface area contributed by atoms with Crippen LogP contribution >= 0.6 is 11.6 Å². The maximum absolute atomic E-state index is 6.11. The van der Waals surface area contributed by atoms with Gasteiger partial charge in [0.2, 0.25) is 0 Å². The Balaban J connectivity index is 1.64. The third-order valence-electron chi connectivity index (χ3n) is 4.27. The topological polar surface area (TPSA) is 47.0 Å². The van der Waals surface area contributed by atoms with E-state index in [2.05, 4.69) is 15.5 Å². The van der Waals surface area contributed by atoms with Gasteiger partial charge in [0.05, 0.1) is 12.2 Å². The summed E-state index contributed by atoms with van der Waals surface area (Å²) in [6, 6.07) is 8.39. The Morgan fingerprint density at radius 1 is 1.05 bits per heavy atom. The highest BCUT2D eigenvalue weighted by Gasteiger charge is 2.35. The molecule has 5 heteroatoms. The lowest BCUT2D eigenvalue weighted by molar-refractivity contribution is 0.000664. The summed E-state index contributed by atoms with van der Waals surface area (Å²) in [6.45, 7) is 0. The van der Waals surface area contributed by atoms with E-state index in [0.717, 1.165) is 29.4 Å². The zero-order valence-electron chi connectivity index (χ0n) is 11.1. The predicted octanol–water partition coefficient (Wildman–Crippen LogP) is 3.41. The summed E-state index contributed by atoms with van der Waals surface area (Å²) in [5.74, 6) is 0.830. The van der Waals surface area contributed by atoms with E-state index in [-0.39, 0.29) is 0 Å². The number of ether oxygens (including phenoxy) is 1. The summed E-state index contributed by atoms with van der Waals surface area (Å²) in [5, 5.41) is 14.3. The van der Waals surface area contributed by atoms with Crippen molar-refractivity contribution in [2.75, 3.05) is 5.32 Å². The maximum Gasteiger partial charge on any atom is 0.159 e. The highest BCUT2D eigenvalue weighted by Crippen LogP contribution is 2.34. The van der Waals surface area contributed by atoms with Gasteiger partial charge in [-0.2, -0.15) is 0 Å². The molecule has 0 aliphatic carbocycles. The van der Waals surface area contributed by atoms with Gasteiger partial charge in [-0.3, -0.25) is 0 Å². The molecule has 1 N–H and O–H groups in total. The minimum Gasteiger partial charge on any atom is -0.375 e. The summed E-state index contributed by atoms with van der Waals surface area (Å²) >= 11 is 6.11. The Labute approximate surface area is 122 Å². The summed E-state index contributed by atoms with van der Waals surface area (Å²) in [7, 11) is 0. The van der Waals surface area contributed by atoms with Crippen molar-refractivity contribution in [3.8, 4) is 0 Å². The van der Waals surface area contributed by atoms with E-state index in [4.69, 9.17) is 16.3 Å². The largest absolute Gasteiger partial charge is 0.375 e. The number of nitrogens with zero attached hydrogens (tertiary/aromatic N) is 2. The van der Waals surface area contributed by atoms with Gasteiger partial charge < -0.3 is 10.1 Å². The van der Waals surface area contributed by atoms with Crippen LogP contribution in [0, 0.1) is 0 Å². The molecule has 2 saturated heterocycles. The SMILES string of the molecule is Clc1nnc(NC2CC3CCC(C2)O3)c2ccccc12. The second-order valence-electron chi connectivity index (χ2n) is 5.66. The molecule has 104 valence electrons. The van der Waals surface area contributed by atoms with Crippen LogP contribution in [0.2, 0.25) is 5.15 Å². The van der Waals surface area contributed by atoms with Crippen molar-refractivity contribution in [1.82, 2.24) is 10.2 Å². The number of aromatic nitrogens is 2. The van der Waals surface area contributed by atoms with Crippen LogP contribution in [0.5, 0.6) is 0 Å². The lowest BCUT2D eigenvalue weighted by Crippen LogP contribution is -2.34. The number of rotatable bonds is 2. The molecule has 0 amide bonds.